The summed E-state index contributed by atoms with van der Waals surface area (Å²) in [5, 5.41) is 0. The number of hydrogen-bond donors (Lipinski definition) is 1. The highest BCUT2D eigenvalue weighted by atomic mass is 32.2. The molecule has 4 aromatic rings. The summed E-state index contributed by atoms with van der Waals surface area (Å²) in [5.41, 5.74) is 5.29. The second kappa shape index (κ2) is 8.11. The molecular weight excluding hydrogens is 415 g/mol. The third-order valence-electron chi connectivity index (χ3n) is 5.22. The summed E-state index contributed by atoms with van der Waals surface area (Å²) in [5.74, 6) is 0.475. The predicted molar refractivity (Wildman–Crippen MR) is 123 cm³/mol. The Kier molecular flexibility index (Phi) is 5.49. The molecule has 160 valence electrons. The van der Waals surface area contributed by atoms with Crippen LogP contribution >= 0.6 is 0 Å². The van der Waals surface area contributed by atoms with Crippen LogP contribution in [-0.2, 0) is 24.6 Å². The maximum Gasteiger partial charge on any atom is 0.253 e. The number of rotatable bonds is 5. The summed E-state index contributed by atoms with van der Waals surface area (Å²) in [7, 11) is 0.426. The Morgan fingerprint density at radius 3 is 2.58 bits per heavy atom. The molecular formula is C23H23FN4O2S. The van der Waals surface area contributed by atoms with E-state index in [1.54, 1.807) is 37.1 Å². The van der Waals surface area contributed by atoms with Crippen molar-refractivity contribution in [1.82, 2.24) is 14.1 Å². The van der Waals surface area contributed by atoms with E-state index in [4.69, 9.17) is 0 Å². The van der Waals surface area contributed by atoms with E-state index >= 15 is 0 Å². The molecule has 0 fully saturated rings. The van der Waals surface area contributed by atoms with Gasteiger partial charge in [-0.25, -0.2) is 13.6 Å². The number of fused-ring (bicyclic) bond motifs is 1. The van der Waals surface area contributed by atoms with Crippen molar-refractivity contribution in [3.8, 4) is 11.1 Å². The first-order valence-corrected chi connectivity index (χ1v) is 11.3. The van der Waals surface area contributed by atoms with E-state index < -0.39 is 11.0 Å². The fourth-order valence-corrected chi connectivity index (χ4v) is 4.26. The van der Waals surface area contributed by atoms with Crippen LogP contribution in [0.4, 0.5) is 10.1 Å². The van der Waals surface area contributed by atoms with Gasteiger partial charge in [0.05, 0.1) is 11.2 Å². The lowest BCUT2D eigenvalue weighted by molar-refractivity contribution is 0.623. The van der Waals surface area contributed by atoms with Gasteiger partial charge in [-0.1, -0.05) is 12.1 Å². The molecule has 2 aromatic heterocycles. The van der Waals surface area contributed by atoms with Crippen LogP contribution in [0.5, 0.6) is 0 Å². The Hall–Kier alpha value is -3.26. The van der Waals surface area contributed by atoms with Gasteiger partial charge in [0.25, 0.3) is 5.56 Å². The van der Waals surface area contributed by atoms with Gasteiger partial charge < -0.3 is 13.9 Å². The average Bonchev–Trinajstić information content (AvgIpc) is 3.01. The van der Waals surface area contributed by atoms with Gasteiger partial charge in [-0.2, -0.15) is 0 Å². The highest BCUT2D eigenvalue weighted by molar-refractivity contribution is 7.85. The van der Waals surface area contributed by atoms with Gasteiger partial charge in [0.1, 0.15) is 28.1 Å². The van der Waals surface area contributed by atoms with Crippen molar-refractivity contribution in [2.75, 3.05) is 11.0 Å². The van der Waals surface area contributed by atoms with Crippen molar-refractivity contribution < 1.29 is 8.60 Å². The topological polar surface area (TPSA) is 68.9 Å². The molecule has 0 bridgehead atoms. The van der Waals surface area contributed by atoms with Crippen LogP contribution in [0.1, 0.15) is 17.0 Å². The number of benzene rings is 2. The fraction of sp³-hybridized carbons (Fsp3) is 0.217. The van der Waals surface area contributed by atoms with E-state index in [0.29, 0.717) is 23.3 Å². The second-order valence-electron chi connectivity index (χ2n) is 7.65. The molecule has 4 rings (SSSR count). The summed E-state index contributed by atoms with van der Waals surface area (Å²) in [6.45, 7) is 4.12. The molecule has 2 aromatic carbocycles. The van der Waals surface area contributed by atoms with E-state index in [0.717, 1.165) is 28.0 Å². The Labute approximate surface area is 182 Å². The smallest absolute Gasteiger partial charge is 0.253 e. The quantitative estimate of drug-likeness (QED) is 0.514. The van der Waals surface area contributed by atoms with Crippen LogP contribution in [0.2, 0.25) is 0 Å². The molecule has 31 heavy (non-hydrogen) atoms. The molecule has 6 nitrogen and oxygen atoms in total. The van der Waals surface area contributed by atoms with Gasteiger partial charge in [0, 0.05) is 31.6 Å². The van der Waals surface area contributed by atoms with Crippen LogP contribution in [-0.4, -0.2) is 24.6 Å². The maximum atomic E-state index is 13.7. The van der Waals surface area contributed by atoms with Gasteiger partial charge in [0.2, 0.25) is 0 Å². The molecule has 2 heterocycles. The van der Waals surface area contributed by atoms with Gasteiger partial charge >= 0.3 is 0 Å². The van der Waals surface area contributed by atoms with Crippen molar-refractivity contribution in [3.63, 3.8) is 0 Å². The number of pyridine rings is 1. The summed E-state index contributed by atoms with van der Waals surface area (Å²) >= 11 is 0. The Morgan fingerprint density at radius 2 is 1.90 bits per heavy atom. The van der Waals surface area contributed by atoms with Gasteiger partial charge in [-0.15, -0.1) is 0 Å². The van der Waals surface area contributed by atoms with E-state index in [1.807, 2.05) is 35.8 Å². The zero-order valence-electron chi connectivity index (χ0n) is 17.8. The lowest BCUT2D eigenvalue weighted by Gasteiger charge is -2.12. The van der Waals surface area contributed by atoms with Gasteiger partial charge in [-0.05, 0) is 60.9 Å². The first-order valence-electron chi connectivity index (χ1n) is 9.76. The van der Waals surface area contributed by atoms with E-state index in [9.17, 15) is 13.4 Å². The number of nitrogens with zero attached hydrogens (tertiary/aromatic N) is 3. The Bertz CT molecular complexity index is 1360. The number of aryl methyl sites for hydroxylation is 3. The first kappa shape index (κ1) is 21.0. The third kappa shape index (κ3) is 4.16. The fourth-order valence-electron chi connectivity index (χ4n) is 3.79. The van der Waals surface area contributed by atoms with Crippen molar-refractivity contribution in [2.24, 2.45) is 7.05 Å². The molecule has 0 amide bonds. The number of hydrogen-bond acceptors (Lipinski definition) is 3. The molecule has 1 atom stereocenters. The monoisotopic (exact) mass is 438 g/mol. The number of anilines is 1. The van der Waals surface area contributed by atoms with Crippen molar-refractivity contribution in [3.05, 3.63) is 81.8 Å². The molecule has 0 aliphatic rings. The normalized spacial score (nSPS) is 12.3. The molecule has 8 heteroatoms. The molecule has 0 aliphatic heterocycles. The molecule has 0 saturated heterocycles. The summed E-state index contributed by atoms with van der Waals surface area (Å²) in [6.07, 6.45) is 3.34. The van der Waals surface area contributed by atoms with Crippen LogP contribution < -0.4 is 10.3 Å². The Morgan fingerprint density at radius 1 is 1.13 bits per heavy atom. The third-order valence-corrected chi connectivity index (χ3v) is 5.73. The highest BCUT2D eigenvalue weighted by Gasteiger charge is 2.16. The van der Waals surface area contributed by atoms with Crippen LogP contribution in [0.3, 0.4) is 0 Å². The van der Waals surface area contributed by atoms with Crippen LogP contribution in [0.15, 0.2) is 53.5 Å². The number of nitrogens with one attached hydrogen (secondary N) is 1. The van der Waals surface area contributed by atoms with Crippen molar-refractivity contribution >= 4 is 27.7 Å². The molecule has 1 N–H and O–H groups in total. The van der Waals surface area contributed by atoms with Crippen LogP contribution in [0, 0.1) is 19.7 Å². The van der Waals surface area contributed by atoms with Crippen molar-refractivity contribution in [1.29, 1.82) is 0 Å². The minimum atomic E-state index is -1.29. The molecule has 0 aliphatic carbocycles. The van der Waals surface area contributed by atoms with Crippen molar-refractivity contribution in [2.45, 2.75) is 20.4 Å². The maximum absolute atomic E-state index is 13.7. The summed E-state index contributed by atoms with van der Waals surface area (Å²) < 4.78 is 32.2. The standard InChI is InChI=1S/C23H23FN4O2S/c1-14-8-18(13-27(3)23(14)29)17-10-20(26-31(4)30)22-21(11-17)28(15(2)25-22)12-16-6-5-7-19(24)9-16/h5-11,13,26H,12H2,1-4H3. The minimum absolute atomic E-state index is 0.0511. The number of imidazole rings is 1. The van der Waals surface area contributed by atoms with Gasteiger partial charge in [0.15, 0.2) is 0 Å². The van der Waals surface area contributed by atoms with E-state index in [1.165, 1.54) is 12.1 Å². The lowest BCUT2D eigenvalue weighted by Crippen LogP contribution is -2.18. The first-order chi connectivity index (χ1) is 14.7. The zero-order chi connectivity index (χ0) is 22.3. The summed E-state index contributed by atoms with van der Waals surface area (Å²) in [6, 6.07) is 12.2. The molecule has 0 radical (unpaired) electrons. The molecule has 1 unspecified atom stereocenters. The number of halogens is 1. The zero-order valence-corrected chi connectivity index (χ0v) is 18.6. The minimum Gasteiger partial charge on any atom is -0.324 e. The van der Waals surface area contributed by atoms with Crippen LogP contribution in [0.25, 0.3) is 22.2 Å². The lowest BCUT2D eigenvalue weighted by atomic mass is 10.0. The molecule has 0 saturated carbocycles. The predicted octanol–water partition coefficient (Wildman–Crippen LogP) is 3.91. The second-order valence-corrected chi connectivity index (χ2v) is 8.76. The molecule has 0 spiro atoms. The number of aromatic nitrogens is 3. The van der Waals surface area contributed by atoms with E-state index in [-0.39, 0.29) is 11.4 Å². The van der Waals surface area contributed by atoms with Gasteiger partial charge in [-0.3, -0.25) is 4.79 Å². The largest absolute Gasteiger partial charge is 0.324 e. The SMILES string of the molecule is Cc1cc(-c2cc(NS(C)=O)c3nc(C)n(Cc4cccc(F)c4)c3c2)cn(C)c1=O. The highest BCUT2D eigenvalue weighted by Crippen LogP contribution is 2.32. The van der Waals surface area contributed by atoms with E-state index in [2.05, 4.69) is 9.71 Å². The Balaban J connectivity index is 1.94. The summed E-state index contributed by atoms with van der Waals surface area (Å²) in [4.78, 5) is 16.8. The average molecular weight is 439 g/mol.